The van der Waals surface area contributed by atoms with E-state index in [4.69, 9.17) is 15.8 Å². The Morgan fingerprint density at radius 1 is 0.651 bits per heavy atom. The molecular weight excluding hydrogens is 668 g/mol. The summed E-state index contributed by atoms with van der Waals surface area (Å²) in [4.78, 5) is 15.9. The summed E-state index contributed by atoms with van der Waals surface area (Å²) in [5.41, 5.74) is 14.0. The summed E-state index contributed by atoms with van der Waals surface area (Å²) in [7, 11) is 0. The standard InChI is InChI=1S/C18H18BrNO.C10H9BrO.C8H11NO/c19-17-8-4-7-14-11-15(9-10-16(14)17)20-18(12-21)13-5-2-1-3-6-13;11-10-3-1-2-7-6-8(12)4-5-9(7)10;9-8(6-10)7-4-2-1-3-5-7/h1-8,18,21H,9-12H2;1-3H,4-6H2;1-5,8,10H,6,9H2/t18-;;8-/m0.0/s1. The number of hydrogen-bond donors (Lipinski definition) is 3. The lowest BCUT2D eigenvalue weighted by atomic mass is 9.90. The van der Waals surface area contributed by atoms with Crippen molar-refractivity contribution in [1.29, 1.82) is 0 Å². The first-order valence-electron chi connectivity index (χ1n) is 14.6. The fourth-order valence-corrected chi connectivity index (χ4v) is 6.48. The van der Waals surface area contributed by atoms with Gasteiger partial charge < -0.3 is 15.9 Å². The molecule has 0 aliphatic heterocycles. The number of fused-ring (bicyclic) bond motifs is 2. The van der Waals surface area contributed by atoms with Gasteiger partial charge in [0.25, 0.3) is 0 Å². The molecule has 4 N–H and O–H groups in total. The first-order valence-corrected chi connectivity index (χ1v) is 16.1. The summed E-state index contributed by atoms with van der Waals surface area (Å²) >= 11 is 7.11. The zero-order chi connectivity index (χ0) is 30.6. The van der Waals surface area contributed by atoms with Crippen LogP contribution in [0.25, 0.3) is 0 Å². The molecule has 43 heavy (non-hydrogen) atoms. The summed E-state index contributed by atoms with van der Waals surface area (Å²) in [5.74, 6) is 0.362. The normalized spacial score (nSPS) is 16.0. The highest BCUT2D eigenvalue weighted by atomic mass is 79.9. The number of aliphatic hydroxyl groups excluding tert-OH is 2. The van der Waals surface area contributed by atoms with Crippen molar-refractivity contribution in [1.82, 2.24) is 0 Å². The number of carbonyl (C=O) groups is 1. The van der Waals surface area contributed by atoms with Gasteiger partial charge in [0.2, 0.25) is 0 Å². The van der Waals surface area contributed by atoms with Crippen LogP contribution in [-0.4, -0.2) is 34.9 Å². The van der Waals surface area contributed by atoms with E-state index >= 15 is 0 Å². The molecule has 224 valence electrons. The third-order valence-electron chi connectivity index (χ3n) is 7.65. The van der Waals surface area contributed by atoms with Gasteiger partial charge in [-0.1, -0.05) is 117 Å². The lowest BCUT2D eigenvalue weighted by Gasteiger charge is -2.21. The summed E-state index contributed by atoms with van der Waals surface area (Å²) in [6.07, 6.45) is 5.10. The Bertz CT molecular complexity index is 1510. The molecule has 2 aliphatic rings. The molecule has 2 atom stereocenters. The van der Waals surface area contributed by atoms with Gasteiger partial charge in [-0.15, -0.1) is 0 Å². The Balaban J connectivity index is 0.000000163. The molecule has 5 nitrogen and oxygen atoms in total. The maximum Gasteiger partial charge on any atom is 0.137 e. The number of rotatable bonds is 5. The van der Waals surface area contributed by atoms with Crippen molar-refractivity contribution >= 4 is 43.4 Å². The van der Waals surface area contributed by atoms with Gasteiger partial charge in [0.1, 0.15) is 5.78 Å². The van der Waals surface area contributed by atoms with Crippen molar-refractivity contribution in [3.05, 3.63) is 139 Å². The van der Waals surface area contributed by atoms with E-state index < -0.39 is 0 Å². The highest BCUT2D eigenvalue weighted by Crippen LogP contribution is 2.29. The first-order chi connectivity index (χ1) is 20.9. The Hall–Kier alpha value is -2.94. The van der Waals surface area contributed by atoms with Crippen LogP contribution in [0.1, 0.15) is 58.3 Å². The third kappa shape index (κ3) is 9.52. The van der Waals surface area contributed by atoms with Crippen LogP contribution >= 0.6 is 31.9 Å². The Labute approximate surface area is 271 Å². The number of hydrogen-bond acceptors (Lipinski definition) is 5. The highest BCUT2D eigenvalue weighted by molar-refractivity contribution is 9.10. The lowest BCUT2D eigenvalue weighted by molar-refractivity contribution is -0.118. The molecule has 7 heteroatoms. The predicted octanol–water partition coefficient (Wildman–Crippen LogP) is 7.30. The van der Waals surface area contributed by atoms with Crippen LogP contribution in [0.15, 0.2) is 111 Å². The molecule has 0 amide bonds. The molecule has 0 bridgehead atoms. The molecule has 6 rings (SSSR count). The van der Waals surface area contributed by atoms with Crippen LogP contribution in [0, 0.1) is 0 Å². The number of aliphatic hydroxyl groups is 2. The van der Waals surface area contributed by atoms with Crippen molar-refractivity contribution < 1.29 is 15.0 Å². The van der Waals surface area contributed by atoms with Crippen molar-refractivity contribution in [3.8, 4) is 0 Å². The van der Waals surface area contributed by atoms with E-state index in [-0.39, 0.29) is 25.3 Å². The fourth-order valence-electron chi connectivity index (χ4n) is 5.27. The van der Waals surface area contributed by atoms with E-state index in [0.29, 0.717) is 18.6 Å². The molecule has 0 saturated carbocycles. The molecule has 0 unspecified atom stereocenters. The highest BCUT2D eigenvalue weighted by Gasteiger charge is 2.18. The van der Waals surface area contributed by atoms with Gasteiger partial charge in [-0.3, -0.25) is 9.79 Å². The summed E-state index contributed by atoms with van der Waals surface area (Å²) in [6.45, 7) is 0.0584. The average molecular weight is 707 g/mol. The summed E-state index contributed by atoms with van der Waals surface area (Å²) in [5, 5.41) is 18.3. The minimum absolute atomic E-state index is 0.00398. The number of nitrogens with two attached hydrogens (primary N) is 1. The Morgan fingerprint density at radius 2 is 1.19 bits per heavy atom. The van der Waals surface area contributed by atoms with Crippen molar-refractivity contribution in [3.63, 3.8) is 0 Å². The first kappa shape index (κ1) is 33.0. The van der Waals surface area contributed by atoms with Gasteiger partial charge in [0.15, 0.2) is 0 Å². The van der Waals surface area contributed by atoms with Crippen LogP contribution < -0.4 is 5.73 Å². The van der Waals surface area contributed by atoms with Crippen LogP contribution in [0.3, 0.4) is 0 Å². The molecule has 4 aromatic carbocycles. The molecule has 0 aromatic heterocycles. The molecule has 0 spiro atoms. The maximum atomic E-state index is 11.1. The molecule has 4 aromatic rings. The SMILES string of the molecule is N[C@@H](CO)c1ccccc1.O=C1CCc2c(Br)cccc2C1.OC[C@H](N=C1CCc2c(Br)cccc2C1)c1ccccc1. The van der Waals surface area contributed by atoms with Crippen LogP contribution in [0.2, 0.25) is 0 Å². The van der Waals surface area contributed by atoms with Crippen molar-refractivity contribution in [2.75, 3.05) is 13.2 Å². The Morgan fingerprint density at radius 3 is 1.74 bits per heavy atom. The second kappa shape index (κ2) is 16.8. The van der Waals surface area contributed by atoms with Crippen molar-refractivity contribution in [2.45, 2.75) is 50.6 Å². The quantitative estimate of drug-likeness (QED) is 0.203. The molecule has 2 aliphatic carbocycles. The van der Waals surface area contributed by atoms with Gasteiger partial charge in [-0.2, -0.15) is 0 Å². The number of benzene rings is 4. The number of carbonyl (C=O) groups excluding carboxylic acids is 1. The second-order valence-corrected chi connectivity index (χ2v) is 12.4. The van der Waals surface area contributed by atoms with Gasteiger partial charge in [-0.25, -0.2) is 0 Å². The average Bonchev–Trinajstić information content (AvgIpc) is 3.05. The van der Waals surface area contributed by atoms with Gasteiger partial charge in [0, 0.05) is 33.9 Å². The van der Waals surface area contributed by atoms with Crippen LogP contribution in [0.5, 0.6) is 0 Å². The fraction of sp³-hybridized carbons (Fsp3) is 0.278. The largest absolute Gasteiger partial charge is 0.394 e. The number of halogens is 2. The molecular formula is C36H38Br2N2O3. The van der Waals surface area contributed by atoms with E-state index in [2.05, 4.69) is 50.1 Å². The summed E-state index contributed by atoms with van der Waals surface area (Å²) in [6, 6.07) is 31.6. The number of ketones is 1. The van der Waals surface area contributed by atoms with Crippen molar-refractivity contribution in [2.24, 2.45) is 10.7 Å². The van der Waals surface area contributed by atoms with Gasteiger partial charge in [0.05, 0.1) is 25.3 Å². The molecule has 0 saturated heterocycles. The molecule has 0 fully saturated rings. The number of aliphatic imine (C=N–C) groups is 1. The topological polar surface area (TPSA) is 95.9 Å². The van der Waals surface area contributed by atoms with Gasteiger partial charge >= 0.3 is 0 Å². The van der Waals surface area contributed by atoms with Gasteiger partial charge in [-0.05, 0) is 64.8 Å². The second-order valence-electron chi connectivity index (χ2n) is 10.7. The zero-order valence-corrected chi connectivity index (χ0v) is 27.3. The Kier molecular flexibility index (Phi) is 12.9. The number of Topliss-reactive ketones (excluding diaryl/α,β-unsaturated/α-hetero) is 1. The summed E-state index contributed by atoms with van der Waals surface area (Å²) < 4.78 is 2.34. The van der Waals surface area contributed by atoms with Crippen LogP contribution in [-0.2, 0) is 30.5 Å². The monoisotopic (exact) mass is 704 g/mol. The van der Waals surface area contributed by atoms with E-state index in [1.54, 1.807) is 0 Å². The number of nitrogens with zero attached hydrogens (tertiary/aromatic N) is 1. The van der Waals surface area contributed by atoms with Crippen LogP contribution in [0.4, 0.5) is 0 Å². The minimum Gasteiger partial charge on any atom is -0.394 e. The van der Waals surface area contributed by atoms with E-state index in [9.17, 15) is 9.90 Å². The molecule has 0 radical (unpaired) electrons. The van der Waals surface area contributed by atoms with E-state index in [0.717, 1.165) is 41.3 Å². The maximum absolute atomic E-state index is 11.1. The zero-order valence-electron chi connectivity index (χ0n) is 24.1. The predicted molar refractivity (Wildman–Crippen MR) is 182 cm³/mol. The third-order valence-corrected chi connectivity index (χ3v) is 9.14. The van der Waals surface area contributed by atoms with E-state index in [1.807, 2.05) is 78.9 Å². The van der Waals surface area contributed by atoms with E-state index in [1.165, 1.54) is 32.4 Å². The smallest absolute Gasteiger partial charge is 0.137 e. The minimum atomic E-state index is -0.235. The lowest BCUT2D eigenvalue weighted by Crippen LogP contribution is -2.16. The molecule has 0 heterocycles.